The van der Waals surface area contributed by atoms with Crippen LogP contribution in [0.2, 0.25) is 0 Å². The highest BCUT2D eigenvalue weighted by atomic mass is 19.1. The van der Waals surface area contributed by atoms with E-state index in [0.717, 1.165) is 17.1 Å². The van der Waals surface area contributed by atoms with Gasteiger partial charge in [0.05, 0.1) is 0 Å². The van der Waals surface area contributed by atoms with Crippen LogP contribution in [-0.4, -0.2) is 0 Å². The lowest BCUT2D eigenvalue weighted by Crippen LogP contribution is -2.14. The second kappa shape index (κ2) is 7.67. The first-order chi connectivity index (χ1) is 13.5. The van der Waals surface area contributed by atoms with E-state index in [0.29, 0.717) is 5.56 Å². The lowest BCUT2D eigenvalue weighted by molar-refractivity contribution is 0.590. The van der Waals surface area contributed by atoms with Crippen molar-refractivity contribution in [2.45, 2.75) is 59.3 Å². The maximum Gasteiger partial charge on any atom is 0.128 e. The Bertz CT molecular complexity index is 914. The van der Waals surface area contributed by atoms with Crippen LogP contribution >= 0.6 is 0 Å². The standard InChI is InChI=1S/C27H32FN/c1-19-8-13-24(18-25(19)28)29(22-14-9-20(10-15-22)26(2,3)4)23-16-11-21(12-17-23)27(5,6)7/h8-18H,1-7H3. The molecule has 0 aliphatic rings. The van der Waals surface area contributed by atoms with Crippen LogP contribution in [0.25, 0.3) is 0 Å². The van der Waals surface area contributed by atoms with Crippen molar-refractivity contribution in [3.8, 4) is 0 Å². The molecule has 1 nitrogen and oxygen atoms in total. The lowest BCUT2D eigenvalue weighted by Gasteiger charge is -2.28. The van der Waals surface area contributed by atoms with E-state index in [1.54, 1.807) is 13.0 Å². The van der Waals surface area contributed by atoms with Gasteiger partial charge in [-0.2, -0.15) is 0 Å². The fourth-order valence-corrected chi connectivity index (χ4v) is 3.39. The van der Waals surface area contributed by atoms with E-state index in [2.05, 4.69) is 95.0 Å². The summed E-state index contributed by atoms with van der Waals surface area (Å²) < 4.78 is 14.4. The van der Waals surface area contributed by atoms with Crippen LogP contribution in [0.4, 0.5) is 21.5 Å². The fourth-order valence-electron chi connectivity index (χ4n) is 3.39. The zero-order valence-corrected chi connectivity index (χ0v) is 18.7. The average Bonchev–Trinajstić information content (AvgIpc) is 2.64. The molecule has 0 spiro atoms. The smallest absolute Gasteiger partial charge is 0.128 e. The van der Waals surface area contributed by atoms with Crippen LogP contribution in [-0.2, 0) is 10.8 Å². The summed E-state index contributed by atoms with van der Waals surface area (Å²) in [5.74, 6) is -0.190. The summed E-state index contributed by atoms with van der Waals surface area (Å²) in [6.07, 6.45) is 0. The predicted molar refractivity (Wildman–Crippen MR) is 123 cm³/mol. The Kier molecular flexibility index (Phi) is 5.58. The first kappa shape index (κ1) is 21.1. The van der Waals surface area contributed by atoms with E-state index in [1.807, 2.05) is 12.1 Å². The summed E-state index contributed by atoms with van der Waals surface area (Å²) in [7, 11) is 0. The zero-order valence-electron chi connectivity index (χ0n) is 18.7. The Labute approximate surface area is 175 Å². The number of nitrogens with zero attached hydrogens (tertiary/aromatic N) is 1. The van der Waals surface area contributed by atoms with Gasteiger partial charge in [0, 0.05) is 17.1 Å². The number of anilines is 3. The molecule has 0 aromatic heterocycles. The van der Waals surface area contributed by atoms with E-state index in [1.165, 1.54) is 11.1 Å². The molecule has 0 amide bonds. The summed E-state index contributed by atoms with van der Waals surface area (Å²) >= 11 is 0. The number of rotatable bonds is 3. The summed E-state index contributed by atoms with van der Waals surface area (Å²) in [5.41, 5.74) is 6.25. The molecular weight excluding hydrogens is 357 g/mol. The number of aryl methyl sites for hydroxylation is 1. The van der Waals surface area contributed by atoms with Gasteiger partial charge >= 0.3 is 0 Å². The maximum atomic E-state index is 14.4. The van der Waals surface area contributed by atoms with Gasteiger partial charge in [0.1, 0.15) is 5.82 Å². The van der Waals surface area contributed by atoms with Gasteiger partial charge in [-0.15, -0.1) is 0 Å². The Balaban J connectivity index is 2.10. The van der Waals surface area contributed by atoms with Crippen molar-refractivity contribution in [2.75, 3.05) is 4.90 Å². The van der Waals surface area contributed by atoms with E-state index < -0.39 is 0 Å². The molecule has 152 valence electrons. The van der Waals surface area contributed by atoms with Crippen molar-refractivity contribution in [3.63, 3.8) is 0 Å². The zero-order chi connectivity index (χ0) is 21.4. The van der Waals surface area contributed by atoms with Crippen molar-refractivity contribution in [3.05, 3.63) is 89.2 Å². The predicted octanol–water partition coefficient (Wildman–Crippen LogP) is 8.20. The number of benzene rings is 3. The maximum absolute atomic E-state index is 14.4. The molecule has 0 heterocycles. The van der Waals surface area contributed by atoms with Gasteiger partial charge in [-0.05, 0) is 70.8 Å². The highest BCUT2D eigenvalue weighted by Gasteiger charge is 2.18. The van der Waals surface area contributed by atoms with Gasteiger partial charge in [0.2, 0.25) is 0 Å². The van der Waals surface area contributed by atoms with Crippen LogP contribution < -0.4 is 4.90 Å². The monoisotopic (exact) mass is 389 g/mol. The SMILES string of the molecule is Cc1ccc(N(c2ccc(C(C)(C)C)cc2)c2ccc(C(C)(C)C)cc2)cc1F. The Hall–Kier alpha value is -2.61. The molecule has 0 radical (unpaired) electrons. The van der Waals surface area contributed by atoms with Crippen LogP contribution in [0.3, 0.4) is 0 Å². The van der Waals surface area contributed by atoms with Gasteiger partial charge in [0.15, 0.2) is 0 Å². The van der Waals surface area contributed by atoms with Gasteiger partial charge in [-0.25, -0.2) is 4.39 Å². The molecular formula is C27H32FN. The Morgan fingerprint density at radius 2 is 0.966 bits per heavy atom. The summed E-state index contributed by atoms with van der Waals surface area (Å²) in [5, 5.41) is 0. The van der Waals surface area contributed by atoms with Gasteiger partial charge in [-0.1, -0.05) is 71.9 Å². The largest absolute Gasteiger partial charge is 0.310 e. The van der Waals surface area contributed by atoms with Crippen LogP contribution in [0.15, 0.2) is 66.7 Å². The normalized spacial score (nSPS) is 12.1. The highest BCUT2D eigenvalue weighted by molar-refractivity contribution is 5.77. The molecule has 0 saturated carbocycles. The molecule has 0 bridgehead atoms. The minimum Gasteiger partial charge on any atom is -0.310 e. The van der Waals surface area contributed by atoms with Crippen LogP contribution in [0, 0.1) is 12.7 Å². The summed E-state index contributed by atoms with van der Waals surface area (Å²) in [4.78, 5) is 2.11. The van der Waals surface area contributed by atoms with E-state index in [4.69, 9.17) is 0 Å². The van der Waals surface area contributed by atoms with Crippen molar-refractivity contribution < 1.29 is 4.39 Å². The third kappa shape index (κ3) is 4.70. The second-order valence-electron chi connectivity index (χ2n) is 9.86. The van der Waals surface area contributed by atoms with Crippen molar-refractivity contribution in [1.29, 1.82) is 0 Å². The lowest BCUT2D eigenvalue weighted by atomic mass is 9.86. The Morgan fingerprint density at radius 1 is 0.586 bits per heavy atom. The molecule has 3 aromatic rings. The van der Waals surface area contributed by atoms with Gasteiger partial charge in [-0.3, -0.25) is 0 Å². The topological polar surface area (TPSA) is 3.24 Å². The molecule has 0 aliphatic carbocycles. The van der Waals surface area contributed by atoms with Crippen molar-refractivity contribution >= 4 is 17.1 Å². The number of hydrogen-bond donors (Lipinski definition) is 0. The average molecular weight is 390 g/mol. The third-order valence-electron chi connectivity index (χ3n) is 5.40. The quantitative estimate of drug-likeness (QED) is 0.436. The van der Waals surface area contributed by atoms with E-state index >= 15 is 0 Å². The minimum absolute atomic E-state index is 0.0910. The first-order valence-electron chi connectivity index (χ1n) is 10.2. The highest BCUT2D eigenvalue weighted by Crippen LogP contribution is 2.37. The molecule has 0 aliphatic heterocycles. The van der Waals surface area contributed by atoms with Crippen LogP contribution in [0.1, 0.15) is 58.2 Å². The second-order valence-corrected chi connectivity index (χ2v) is 9.86. The van der Waals surface area contributed by atoms with Gasteiger partial charge in [0.25, 0.3) is 0 Å². The Morgan fingerprint density at radius 3 is 1.31 bits per heavy atom. The number of halogens is 1. The van der Waals surface area contributed by atoms with Gasteiger partial charge < -0.3 is 4.90 Å². The van der Waals surface area contributed by atoms with Crippen molar-refractivity contribution in [2.24, 2.45) is 0 Å². The first-order valence-corrected chi connectivity index (χ1v) is 10.2. The summed E-state index contributed by atoms with van der Waals surface area (Å²) in [6.45, 7) is 15.0. The fraction of sp³-hybridized carbons (Fsp3) is 0.333. The summed E-state index contributed by atoms with van der Waals surface area (Å²) in [6, 6.07) is 22.6. The minimum atomic E-state index is -0.190. The molecule has 0 N–H and O–H groups in total. The molecule has 0 fully saturated rings. The third-order valence-corrected chi connectivity index (χ3v) is 5.40. The van der Waals surface area contributed by atoms with E-state index in [-0.39, 0.29) is 16.6 Å². The molecule has 0 unspecified atom stereocenters. The molecule has 2 heteroatoms. The van der Waals surface area contributed by atoms with Crippen molar-refractivity contribution in [1.82, 2.24) is 0 Å². The molecule has 0 atom stereocenters. The van der Waals surface area contributed by atoms with E-state index in [9.17, 15) is 4.39 Å². The molecule has 3 aromatic carbocycles. The molecule has 29 heavy (non-hydrogen) atoms. The number of hydrogen-bond acceptors (Lipinski definition) is 1. The molecule has 0 saturated heterocycles. The van der Waals surface area contributed by atoms with Crippen LogP contribution in [0.5, 0.6) is 0 Å². The molecule has 3 rings (SSSR count).